The van der Waals surface area contributed by atoms with Crippen LogP contribution >= 0.6 is 34.8 Å². The summed E-state index contributed by atoms with van der Waals surface area (Å²) < 4.78 is 4.04. The van der Waals surface area contributed by atoms with Gasteiger partial charge < -0.3 is 4.74 Å². The Balaban J connectivity index is 2.75. The molecular formula is C16H24Cl3NO3. The Morgan fingerprint density at radius 2 is 1.96 bits per heavy atom. The molecule has 0 aromatic rings. The molecule has 0 aromatic carbocycles. The van der Waals surface area contributed by atoms with Gasteiger partial charge in [0.25, 0.3) is 5.91 Å². The Morgan fingerprint density at radius 1 is 1.35 bits per heavy atom. The summed E-state index contributed by atoms with van der Waals surface area (Å²) in [6.07, 6.45) is 3.85. The monoisotopic (exact) mass is 383 g/mol. The van der Waals surface area contributed by atoms with Gasteiger partial charge >= 0.3 is 0 Å². The van der Waals surface area contributed by atoms with E-state index in [-0.39, 0.29) is 18.2 Å². The molecule has 0 N–H and O–H groups in total. The summed E-state index contributed by atoms with van der Waals surface area (Å²) >= 11 is 17.1. The average Bonchev–Trinajstić information content (AvgIpc) is 2.63. The van der Waals surface area contributed by atoms with Crippen LogP contribution in [0.4, 0.5) is 0 Å². The maximum Gasteiger partial charge on any atom is 0.257 e. The fraction of sp³-hybridized carbons (Fsp3) is 0.750. The number of rotatable bonds is 7. The van der Waals surface area contributed by atoms with E-state index in [1.807, 2.05) is 20.8 Å². The first-order valence-corrected chi connectivity index (χ1v) is 8.84. The summed E-state index contributed by atoms with van der Waals surface area (Å²) in [6, 6.07) is 0. The molecule has 1 aliphatic rings. The van der Waals surface area contributed by atoms with Crippen LogP contribution < -0.4 is 0 Å². The van der Waals surface area contributed by atoms with Crippen molar-refractivity contribution in [2.75, 3.05) is 7.11 Å². The number of halogens is 3. The first-order valence-electron chi connectivity index (χ1n) is 7.71. The van der Waals surface area contributed by atoms with Crippen molar-refractivity contribution in [2.24, 2.45) is 5.92 Å². The molecule has 0 spiro atoms. The van der Waals surface area contributed by atoms with Crippen LogP contribution in [-0.2, 0) is 14.3 Å². The van der Waals surface area contributed by atoms with E-state index in [4.69, 9.17) is 39.5 Å². The first kappa shape index (κ1) is 20.6. The minimum absolute atomic E-state index is 0.217. The van der Waals surface area contributed by atoms with Gasteiger partial charge in [-0.15, -0.1) is 0 Å². The van der Waals surface area contributed by atoms with Crippen molar-refractivity contribution >= 4 is 46.6 Å². The summed E-state index contributed by atoms with van der Waals surface area (Å²) in [5.74, 6) is 0.303. The molecule has 1 atom stereocenters. The normalized spacial score (nSPS) is 21.8. The zero-order valence-electron chi connectivity index (χ0n) is 14.0. The van der Waals surface area contributed by atoms with E-state index >= 15 is 0 Å². The van der Waals surface area contributed by atoms with Crippen LogP contribution in [0, 0.1) is 5.92 Å². The standard InChI is InChI=1S/C16H24Cl3NO3/c1-11(2)10-15(3)12(23-4)9-14(22)20(15)13(21)7-5-6-8-16(17,18)19/h9,11H,5-8,10H2,1-4H3/t15-/m1/s1. The van der Waals surface area contributed by atoms with Crippen molar-refractivity contribution in [1.82, 2.24) is 4.90 Å². The highest BCUT2D eigenvalue weighted by Crippen LogP contribution is 2.38. The van der Waals surface area contributed by atoms with E-state index in [1.54, 1.807) is 0 Å². The zero-order chi connectivity index (χ0) is 17.8. The van der Waals surface area contributed by atoms with Crippen molar-refractivity contribution in [3.05, 3.63) is 11.8 Å². The molecule has 7 heteroatoms. The minimum atomic E-state index is -1.30. The van der Waals surface area contributed by atoms with Gasteiger partial charge in [-0.2, -0.15) is 0 Å². The van der Waals surface area contributed by atoms with Crippen LogP contribution in [0.25, 0.3) is 0 Å². The van der Waals surface area contributed by atoms with Crippen LogP contribution in [0.2, 0.25) is 0 Å². The smallest absolute Gasteiger partial charge is 0.257 e. The molecule has 0 fully saturated rings. The van der Waals surface area contributed by atoms with Gasteiger partial charge in [0, 0.05) is 12.5 Å². The third-order valence-electron chi connectivity index (χ3n) is 3.88. The van der Waals surface area contributed by atoms with Crippen molar-refractivity contribution in [3.63, 3.8) is 0 Å². The van der Waals surface area contributed by atoms with Gasteiger partial charge in [-0.25, -0.2) is 0 Å². The number of hydrogen-bond donors (Lipinski definition) is 0. The average molecular weight is 385 g/mol. The number of alkyl halides is 3. The van der Waals surface area contributed by atoms with Gasteiger partial charge in [0.05, 0.1) is 7.11 Å². The lowest BCUT2D eigenvalue weighted by atomic mass is 9.88. The topological polar surface area (TPSA) is 46.6 Å². The van der Waals surface area contributed by atoms with Crippen LogP contribution in [0.15, 0.2) is 11.8 Å². The highest BCUT2D eigenvalue weighted by molar-refractivity contribution is 6.67. The van der Waals surface area contributed by atoms with E-state index < -0.39 is 9.33 Å². The van der Waals surface area contributed by atoms with Crippen molar-refractivity contribution in [3.8, 4) is 0 Å². The van der Waals surface area contributed by atoms with Crippen LogP contribution in [0.1, 0.15) is 52.9 Å². The first-order chi connectivity index (χ1) is 10.5. The second kappa shape index (κ2) is 8.09. The molecule has 1 rings (SSSR count). The second-order valence-corrected chi connectivity index (χ2v) is 8.99. The molecule has 23 heavy (non-hydrogen) atoms. The molecule has 1 aliphatic heterocycles. The number of carbonyl (C=O) groups excluding carboxylic acids is 2. The van der Waals surface area contributed by atoms with Crippen molar-refractivity contribution < 1.29 is 14.3 Å². The highest BCUT2D eigenvalue weighted by atomic mass is 35.6. The molecular weight excluding hydrogens is 361 g/mol. The summed E-state index contributed by atoms with van der Waals surface area (Å²) in [4.78, 5) is 26.1. The quantitative estimate of drug-likeness (QED) is 0.475. The number of ether oxygens (including phenoxy) is 1. The lowest BCUT2D eigenvalue weighted by Crippen LogP contribution is -2.50. The SMILES string of the molecule is COC1=CC(=O)N(C(=O)CCCCC(Cl)(Cl)Cl)[C@]1(C)CC(C)C. The predicted octanol–water partition coefficient (Wildman–Crippen LogP) is 4.62. The van der Waals surface area contributed by atoms with E-state index in [9.17, 15) is 9.59 Å². The maximum atomic E-state index is 12.6. The van der Waals surface area contributed by atoms with Gasteiger partial charge in [-0.3, -0.25) is 14.5 Å². The van der Waals surface area contributed by atoms with Gasteiger partial charge in [-0.1, -0.05) is 48.7 Å². The lowest BCUT2D eigenvalue weighted by Gasteiger charge is -2.36. The number of amides is 2. The fourth-order valence-corrected chi connectivity index (χ4v) is 3.46. The fourth-order valence-electron chi connectivity index (χ4n) is 3.06. The summed E-state index contributed by atoms with van der Waals surface area (Å²) in [7, 11) is 1.52. The Morgan fingerprint density at radius 3 is 2.43 bits per heavy atom. The van der Waals surface area contributed by atoms with Gasteiger partial charge in [-0.05, 0) is 38.5 Å². The molecule has 0 aromatic heterocycles. The van der Waals surface area contributed by atoms with Gasteiger partial charge in [0.15, 0.2) is 3.79 Å². The molecule has 0 bridgehead atoms. The van der Waals surface area contributed by atoms with E-state index in [0.717, 1.165) is 0 Å². The molecule has 132 valence electrons. The number of unbranched alkanes of at least 4 members (excludes halogenated alkanes) is 1. The zero-order valence-corrected chi connectivity index (χ0v) is 16.3. The minimum Gasteiger partial charge on any atom is -0.498 e. The largest absolute Gasteiger partial charge is 0.498 e. The second-order valence-electron chi connectivity index (χ2n) is 6.47. The van der Waals surface area contributed by atoms with E-state index in [0.29, 0.717) is 37.4 Å². The Hall–Kier alpha value is -0.450. The van der Waals surface area contributed by atoms with E-state index in [2.05, 4.69) is 0 Å². The van der Waals surface area contributed by atoms with Crippen molar-refractivity contribution in [2.45, 2.75) is 62.2 Å². The predicted molar refractivity (Wildman–Crippen MR) is 93.6 cm³/mol. The highest BCUT2D eigenvalue weighted by Gasteiger charge is 2.48. The van der Waals surface area contributed by atoms with Crippen LogP contribution in [-0.4, -0.2) is 33.2 Å². The summed E-state index contributed by atoms with van der Waals surface area (Å²) in [5.41, 5.74) is -0.730. The molecule has 4 nitrogen and oxygen atoms in total. The molecule has 0 saturated carbocycles. The number of imide groups is 1. The Labute approximate surface area is 153 Å². The molecule has 0 saturated heterocycles. The van der Waals surface area contributed by atoms with Gasteiger partial charge in [0.2, 0.25) is 5.91 Å². The lowest BCUT2D eigenvalue weighted by molar-refractivity contribution is -0.147. The Bertz CT molecular complexity index is 485. The summed E-state index contributed by atoms with van der Waals surface area (Å²) in [6.45, 7) is 5.96. The number of nitrogens with zero attached hydrogens (tertiary/aromatic N) is 1. The molecule has 0 unspecified atom stereocenters. The van der Waals surface area contributed by atoms with Crippen LogP contribution in [0.5, 0.6) is 0 Å². The number of carbonyl (C=O) groups is 2. The van der Waals surface area contributed by atoms with E-state index in [1.165, 1.54) is 18.1 Å². The molecule has 1 heterocycles. The van der Waals surface area contributed by atoms with Gasteiger partial charge in [0.1, 0.15) is 11.3 Å². The third-order valence-corrected chi connectivity index (χ3v) is 4.44. The third kappa shape index (κ3) is 5.54. The number of hydrogen-bond acceptors (Lipinski definition) is 3. The maximum absolute atomic E-state index is 12.6. The Kier molecular flexibility index (Phi) is 7.24. The van der Waals surface area contributed by atoms with Crippen LogP contribution in [0.3, 0.4) is 0 Å². The number of methoxy groups -OCH3 is 1. The van der Waals surface area contributed by atoms with Crippen molar-refractivity contribution in [1.29, 1.82) is 0 Å². The molecule has 2 amide bonds. The molecule has 0 radical (unpaired) electrons. The summed E-state index contributed by atoms with van der Waals surface area (Å²) in [5, 5.41) is 0. The molecule has 0 aliphatic carbocycles.